The molecule has 1 aliphatic rings. The van der Waals surface area contributed by atoms with E-state index in [9.17, 15) is 14.4 Å². The van der Waals surface area contributed by atoms with Crippen molar-refractivity contribution in [1.82, 2.24) is 5.06 Å². The highest BCUT2D eigenvalue weighted by Crippen LogP contribution is 2.39. The molecule has 0 bridgehead atoms. The largest absolute Gasteiger partial charge is 0.469 e. The summed E-state index contributed by atoms with van der Waals surface area (Å²) in [6.45, 7) is 0.0507. The molecule has 1 aliphatic heterocycles. The minimum Gasteiger partial charge on any atom is -0.469 e. The number of carbonyl (C=O) groups excluding carboxylic acids is 3. The Morgan fingerprint density at radius 2 is 1.97 bits per heavy atom. The van der Waals surface area contributed by atoms with Crippen LogP contribution < -0.4 is 0 Å². The summed E-state index contributed by atoms with van der Waals surface area (Å²) < 4.78 is 10.1. The second-order valence-corrected chi connectivity index (χ2v) is 7.35. The molecule has 1 amide bonds. The van der Waals surface area contributed by atoms with E-state index >= 15 is 0 Å². The zero-order valence-electron chi connectivity index (χ0n) is 16.4. The number of halogens is 1. The molecule has 0 unspecified atom stereocenters. The average Bonchev–Trinajstić information content (AvgIpc) is 2.77. The van der Waals surface area contributed by atoms with Crippen molar-refractivity contribution in [3.63, 3.8) is 0 Å². The average molecular weight is 432 g/mol. The first-order valence-corrected chi connectivity index (χ1v) is 9.81. The molecule has 1 saturated heterocycles. The summed E-state index contributed by atoms with van der Waals surface area (Å²) in [6, 6.07) is 15.2. The quantitative estimate of drug-likeness (QED) is 0.508. The van der Waals surface area contributed by atoms with Gasteiger partial charge in [0.25, 0.3) is 0 Å². The number of benzene rings is 2. The van der Waals surface area contributed by atoms with Crippen LogP contribution >= 0.6 is 11.6 Å². The highest BCUT2D eigenvalue weighted by atomic mass is 35.5. The van der Waals surface area contributed by atoms with Crippen LogP contribution in [0.1, 0.15) is 23.6 Å². The third-order valence-corrected chi connectivity index (χ3v) is 5.21. The molecule has 2 aromatic rings. The molecule has 3 atom stereocenters. The highest BCUT2D eigenvalue weighted by molar-refractivity contribution is 6.30. The fourth-order valence-electron chi connectivity index (χ4n) is 3.46. The third kappa shape index (κ3) is 5.17. The van der Waals surface area contributed by atoms with Gasteiger partial charge in [-0.05, 0) is 23.3 Å². The van der Waals surface area contributed by atoms with Crippen molar-refractivity contribution in [3.05, 3.63) is 70.7 Å². The van der Waals surface area contributed by atoms with Crippen LogP contribution in [0.4, 0.5) is 4.79 Å². The molecule has 158 valence electrons. The van der Waals surface area contributed by atoms with Gasteiger partial charge in [0, 0.05) is 16.9 Å². The van der Waals surface area contributed by atoms with Crippen molar-refractivity contribution >= 4 is 29.9 Å². The van der Waals surface area contributed by atoms with Gasteiger partial charge in [0.2, 0.25) is 0 Å². The van der Waals surface area contributed by atoms with Gasteiger partial charge in [-0.3, -0.25) is 9.63 Å². The van der Waals surface area contributed by atoms with E-state index in [0.717, 1.165) is 16.9 Å². The fourth-order valence-corrected chi connectivity index (χ4v) is 3.66. The number of ether oxygens (including phenoxy) is 2. The Morgan fingerprint density at radius 1 is 1.20 bits per heavy atom. The van der Waals surface area contributed by atoms with Gasteiger partial charge in [0.05, 0.1) is 26.2 Å². The number of nitrogens with zero attached hydrogens (tertiary/aromatic N) is 1. The molecule has 1 fully saturated rings. The standard InChI is InChI=1S/C22H22ClNO6/c1-28-20(26)11-17-14-30-24(22(27)29-13-15-6-3-2-4-7-15)21(19(17)12-25)16-8-5-9-18(23)10-16/h2-10,12,17,19,21H,11,13-14H2,1H3/t17-,19+,21-/m1/s1. The Kier molecular flexibility index (Phi) is 7.43. The van der Waals surface area contributed by atoms with Crippen molar-refractivity contribution in [2.24, 2.45) is 11.8 Å². The van der Waals surface area contributed by atoms with Crippen LogP contribution in [-0.4, -0.2) is 37.1 Å². The lowest BCUT2D eigenvalue weighted by molar-refractivity contribution is -0.222. The van der Waals surface area contributed by atoms with E-state index in [1.54, 1.807) is 24.3 Å². The molecule has 1 heterocycles. The Bertz CT molecular complexity index is 890. The number of aldehydes is 1. The molecule has 8 heteroatoms. The summed E-state index contributed by atoms with van der Waals surface area (Å²) >= 11 is 6.13. The van der Waals surface area contributed by atoms with Gasteiger partial charge in [0.15, 0.2) is 0 Å². The van der Waals surface area contributed by atoms with Gasteiger partial charge >= 0.3 is 12.1 Å². The van der Waals surface area contributed by atoms with Gasteiger partial charge in [-0.1, -0.05) is 54.1 Å². The molecular formula is C22H22ClNO6. The molecule has 30 heavy (non-hydrogen) atoms. The molecule has 0 saturated carbocycles. The predicted molar refractivity (Wildman–Crippen MR) is 108 cm³/mol. The van der Waals surface area contributed by atoms with Crippen molar-refractivity contribution in [2.75, 3.05) is 13.7 Å². The third-order valence-electron chi connectivity index (χ3n) is 4.98. The van der Waals surface area contributed by atoms with Crippen LogP contribution in [0.15, 0.2) is 54.6 Å². The number of methoxy groups -OCH3 is 1. The monoisotopic (exact) mass is 431 g/mol. The summed E-state index contributed by atoms with van der Waals surface area (Å²) in [4.78, 5) is 42.3. The maximum Gasteiger partial charge on any atom is 0.434 e. The zero-order valence-corrected chi connectivity index (χ0v) is 17.2. The summed E-state index contributed by atoms with van der Waals surface area (Å²) in [6.07, 6.45) is -0.00420. The minimum atomic E-state index is -0.798. The van der Waals surface area contributed by atoms with Crippen LogP contribution in [0.5, 0.6) is 0 Å². The van der Waals surface area contributed by atoms with Gasteiger partial charge in [-0.25, -0.2) is 4.79 Å². The van der Waals surface area contributed by atoms with E-state index < -0.39 is 29.9 Å². The molecular weight excluding hydrogens is 410 g/mol. The van der Waals surface area contributed by atoms with E-state index in [1.807, 2.05) is 30.3 Å². The number of hydrogen-bond acceptors (Lipinski definition) is 6. The minimum absolute atomic E-state index is 0.00396. The first-order chi connectivity index (χ1) is 14.5. The Balaban J connectivity index is 1.85. The van der Waals surface area contributed by atoms with Crippen molar-refractivity contribution in [1.29, 1.82) is 0 Å². The van der Waals surface area contributed by atoms with Gasteiger partial charge in [-0.2, -0.15) is 5.06 Å². The summed E-state index contributed by atoms with van der Waals surface area (Å²) in [5.74, 6) is -1.63. The van der Waals surface area contributed by atoms with Crippen LogP contribution in [-0.2, 0) is 30.5 Å². The zero-order chi connectivity index (χ0) is 21.5. The molecule has 0 aromatic heterocycles. The normalized spacial score (nSPS) is 21.0. The summed E-state index contributed by atoms with van der Waals surface area (Å²) in [7, 11) is 1.28. The lowest BCUT2D eigenvalue weighted by atomic mass is 9.81. The summed E-state index contributed by atoms with van der Waals surface area (Å²) in [5.41, 5.74) is 1.42. The number of hydrogen-bond donors (Lipinski definition) is 0. The summed E-state index contributed by atoms with van der Waals surface area (Å²) in [5, 5.41) is 1.51. The van der Waals surface area contributed by atoms with Crippen LogP contribution in [0.2, 0.25) is 5.02 Å². The van der Waals surface area contributed by atoms with E-state index in [1.165, 1.54) is 7.11 Å². The van der Waals surface area contributed by atoms with E-state index in [4.69, 9.17) is 25.9 Å². The molecule has 2 aromatic carbocycles. The second-order valence-electron chi connectivity index (χ2n) is 6.92. The van der Waals surface area contributed by atoms with Crippen LogP contribution in [0.25, 0.3) is 0 Å². The fraction of sp³-hybridized carbons (Fsp3) is 0.318. The number of amides is 1. The molecule has 7 nitrogen and oxygen atoms in total. The van der Waals surface area contributed by atoms with Gasteiger partial charge < -0.3 is 14.3 Å². The topological polar surface area (TPSA) is 82.1 Å². The van der Waals surface area contributed by atoms with Gasteiger partial charge in [0.1, 0.15) is 12.9 Å². The molecule has 0 radical (unpaired) electrons. The SMILES string of the molecule is COC(=O)C[C@@H]1CON(C(=O)OCc2ccccc2)[C@H](c2cccc(Cl)c2)[C@H]1C=O. The van der Waals surface area contributed by atoms with Crippen molar-refractivity contribution < 1.29 is 28.7 Å². The first kappa shape index (κ1) is 21.8. The molecule has 0 N–H and O–H groups in total. The Morgan fingerprint density at radius 3 is 2.63 bits per heavy atom. The van der Waals surface area contributed by atoms with Crippen LogP contribution in [0, 0.1) is 11.8 Å². The number of hydroxylamine groups is 2. The molecule has 0 spiro atoms. The lowest BCUT2D eigenvalue weighted by Crippen LogP contribution is -2.48. The van der Waals surface area contributed by atoms with Gasteiger partial charge in [-0.15, -0.1) is 0 Å². The predicted octanol–water partition coefficient (Wildman–Crippen LogP) is 3.96. The maximum absolute atomic E-state index is 12.8. The van der Waals surface area contributed by atoms with E-state index in [0.29, 0.717) is 10.6 Å². The second kappa shape index (κ2) is 10.2. The van der Waals surface area contributed by atoms with Crippen molar-refractivity contribution in [2.45, 2.75) is 19.1 Å². The number of carbonyl (C=O) groups is 3. The maximum atomic E-state index is 12.8. The number of rotatable bonds is 6. The smallest absolute Gasteiger partial charge is 0.434 e. The van der Waals surface area contributed by atoms with E-state index in [-0.39, 0.29) is 19.6 Å². The van der Waals surface area contributed by atoms with Crippen LogP contribution in [0.3, 0.4) is 0 Å². The molecule has 3 rings (SSSR count). The first-order valence-electron chi connectivity index (χ1n) is 9.44. The molecule has 0 aliphatic carbocycles. The highest BCUT2D eigenvalue weighted by Gasteiger charge is 2.44. The number of esters is 1. The Labute approximate surface area is 179 Å². The van der Waals surface area contributed by atoms with Crippen molar-refractivity contribution in [3.8, 4) is 0 Å². The van der Waals surface area contributed by atoms with E-state index in [2.05, 4.69) is 0 Å². The Hall–Kier alpha value is -2.90. The lowest BCUT2D eigenvalue weighted by Gasteiger charge is -2.41.